The van der Waals surface area contributed by atoms with Crippen molar-refractivity contribution in [2.75, 3.05) is 27.1 Å². The fraction of sp³-hybridized carbons (Fsp3) is 0.516. The molecule has 3 atom stereocenters. The van der Waals surface area contributed by atoms with E-state index in [0.29, 0.717) is 13.0 Å². The van der Waals surface area contributed by atoms with E-state index < -0.39 is 16.2 Å². The largest absolute Gasteiger partial charge is 0.466 e. The third kappa shape index (κ3) is 13.7. The van der Waals surface area contributed by atoms with E-state index in [4.69, 9.17) is 23.1 Å². The first kappa shape index (κ1) is 33.6. The summed E-state index contributed by atoms with van der Waals surface area (Å²) in [6.45, 7) is 6.35. The van der Waals surface area contributed by atoms with Crippen molar-refractivity contribution in [2.45, 2.75) is 76.6 Å². The van der Waals surface area contributed by atoms with Crippen LogP contribution in [0.4, 0.5) is 0 Å². The smallest absolute Gasteiger partial charge is 0.306 e. The van der Waals surface area contributed by atoms with Crippen molar-refractivity contribution >= 4 is 16.1 Å². The highest BCUT2D eigenvalue weighted by Gasteiger charge is 2.23. The van der Waals surface area contributed by atoms with Gasteiger partial charge in [-0.1, -0.05) is 60.2 Å². The molecule has 0 heterocycles. The molecule has 0 amide bonds. The Labute approximate surface area is 239 Å². The summed E-state index contributed by atoms with van der Waals surface area (Å²) >= 11 is 0. The Bertz CT molecular complexity index is 1100. The highest BCUT2D eigenvalue weighted by molar-refractivity contribution is 7.86. The fourth-order valence-corrected chi connectivity index (χ4v) is 4.93. The number of carbonyl (C=O) groups excluding carboxylic acids is 1. The summed E-state index contributed by atoms with van der Waals surface area (Å²) < 4.78 is 52.6. The molecule has 0 spiro atoms. The number of aryl methyl sites for hydroxylation is 1. The highest BCUT2D eigenvalue weighted by atomic mass is 32.2. The first-order chi connectivity index (χ1) is 19.2. The van der Waals surface area contributed by atoms with Crippen molar-refractivity contribution in [1.29, 1.82) is 0 Å². The number of unbranched alkanes of at least 4 members (excludes halogenated alkanes) is 1. The van der Waals surface area contributed by atoms with E-state index in [1.54, 1.807) is 19.1 Å². The Morgan fingerprint density at radius 3 is 2.42 bits per heavy atom. The Morgan fingerprint density at radius 1 is 1.02 bits per heavy atom. The molecule has 8 nitrogen and oxygen atoms in total. The standard InChI is InChI=1S/C31H44O8S/c1-5-36-31(32)21-28(15-11-6-8-12-26(3)37-22-27-13-9-7-10-14-27)20-29(38-24-35-4)23-39-40(33,34)30-18-16-25(2)17-19-30/h7,9-11,13-19,26,28-29H,5-6,8,12,20-24H2,1-4H3/b15-11+/t26-,28-,29-/m0/s1. The Balaban J connectivity index is 1.93. The number of carbonyl (C=O) groups is 1. The summed E-state index contributed by atoms with van der Waals surface area (Å²) in [6, 6.07) is 16.5. The van der Waals surface area contributed by atoms with Crippen LogP contribution in [0.25, 0.3) is 0 Å². The van der Waals surface area contributed by atoms with Crippen LogP contribution in [0.15, 0.2) is 71.6 Å². The number of hydrogen-bond donors (Lipinski definition) is 0. The van der Waals surface area contributed by atoms with Crippen LogP contribution in [-0.2, 0) is 44.7 Å². The lowest BCUT2D eigenvalue weighted by atomic mass is 9.96. The minimum absolute atomic E-state index is 0.0324. The van der Waals surface area contributed by atoms with Crippen LogP contribution >= 0.6 is 0 Å². The van der Waals surface area contributed by atoms with Crippen molar-refractivity contribution in [3.8, 4) is 0 Å². The highest BCUT2D eigenvalue weighted by Crippen LogP contribution is 2.20. The maximum atomic E-state index is 12.7. The number of hydrogen-bond acceptors (Lipinski definition) is 8. The number of esters is 1. The van der Waals surface area contributed by atoms with Crippen LogP contribution < -0.4 is 0 Å². The van der Waals surface area contributed by atoms with Gasteiger partial charge in [0.2, 0.25) is 0 Å². The predicted octanol–water partition coefficient (Wildman–Crippen LogP) is 5.98. The van der Waals surface area contributed by atoms with Gasteiger partial charge < -0.3 is 18.9 Å². The van der Waals surface area contributed by atoms with Crippen molar-refractivity contribution in [1.82, 2.24) is 0 Å². The van der Waals surface area contributed by atoms with Gasteiger partial charge in [-0.25, -0.2) is 0 Å². The third-order valence-corrected chi connectivity index (χ3v) is 7.50. The normalized spacial score (nSPS) is 14.2. The number of rotatable bonds is 20. The molecule has 0 radical (unpaired) electrons. The molecule has 222 valence electrons. The van der Waals surface area contributed by atoms with Gasteiger partial charge in [-0.15, -0.1) is 0 Å². The molecular formula is C31H44O8S. The van der Waals surface area contributed by atoms with E-state index in [1.165, 1.54) is 19.2 Å². The van der Waals surface area contributed by atoms with E-state index >= 15 is 0 Å². The maximum Gasteiger partial charge on any atom is 0.306 e. The summed E-state index contributed by atoms with van der Waals surface area (Å²) in [5.41, 5.74) is 2.10. The van der Waals surface area contributed by atoms with Gasteiger partial charge in [-0.2, -0.15) is 8.42 Å². The van der Waals surface area contributed by atoms with E-state index in [9.17, 15) is 13.2 Å². The summed E-state index contributed by atoms with van der Waals surface area (Å²) in [4.78, 5) is 12.4. The molecule has 0 unspecified atom stereocenters. The first-order valence-corrected chi connectivity index (χ1v) is 15.2. The third-order valence-electron chi connectivity index (χ3n) is 6.21. The minimum atomic E-state index is -3.96. The average Bonchev–Trinajstić information content (AvgIpc) is 2.94. The van der Waals surface area contributed by atoms with Gasteiger partial charge in [0.25, 0.3) is 10.1 Å². The molecule has 0 bridgehead atoms. The van der Waals surface area contributed by atoms with Crippen LogP contribution in [0.5, 0.6) is 0 Å². The molecule has 2 rings (SSSR count). The first-order valence-electron chi connectivity index (χ1n) is 13.8. The summed E-state index contributed by atoms with van der Waals surface area (Å²) in [7, 11) is -2.47. The van der Waals surface area contributed by atoms with Crippen LogP contribution in [0.2, 0.25) is 0 Å². The van der Waals surface area contributed by atoms with Crippen LogP contribution in [-0.4, -0.2) is 53.7 Å². The van der Waals surface area contributed by atoms with Crippen molar-refractivity contribution in [2.24, 2.45) is 5.92 Å². The number of benzene rings is 2. The number of allylic oxidation sites excluding steroid dienone is 2. The van der Waals surface area contributed by atoms with E-state index in [1.807, 2.05) is 49.4 Å². The summed E-state index contributed by atoms with van der Waals surface area (Å²) in [5, 5.41) is 0. The molecule has 0 aliphatic rings. The summed E-state index contributed by atoms with van der Waals surface area (Å²) in [5.74, 6) is -0.544. The summed E-state index contributed by atoms with van der Waals surface area (Å²) in [6.07, 6.45) is 6.70. The van der Waals surface area contributed by atoms with E-state index in [0.717, 1.165) is 30.4 Å². The molecule has 0 aliphatic carbocycles. The van der Waals surface area contributed by atoms with Crippen LogP contribution in [0.1, 0.15) is 57.1 Å². The molecule has 2 aromatic carbocycles. The zero-order valence-corrected chi connectivity index (χ0v) is 24.9. The van der Waals surface area contributed by atoms with Crippen molar-refractivity contribution in [3.05, 3.63) is 77.9 Å². The monoisotopic (exact) mass is 576 g/mol. The van der Waals surface area contributed by atoms with Gasteiger partial charge in [0.05, 0.1) is 43.3 Å². The number of methoxy groups -OCH3 is 1. The molecule has 0 saturated heterocycles. The quantitative estimate of drug-likeness (QED) is 0.0624. The molecule has 0 saturated carbocycles. The zero-order chi connectivity index (χ0) is 29.2. The SMILES string of the molecule is CCOC(=O)C[C@@H](/C=C/CCC[C@H](C)OCc1ccccc1)C[C@@H](COS(=O)(=O)c1ccc(C)cc1)OCOC. The Hall–Kier alpha value is -2.56. The zero-order valence-electron chi connectivity index (χ0n) is 24.1. The van der Waals surface area contributed by atoms with Gasteiger partial charge >= 0.3 is 5.97 Å². The second-order valence-electron chi connectivity index (χ2n) is 9.72. The molecule has 2 aromatic rings. The fourth-order valence-electron chi connectivity index (χ4n) is 4.00. The topological polar surface area (TPSA) is 97.4 Å². The molecule has 9 heteroatoms. The number of ether oxygens (including phenoxy) is 4. The van der Waals surface area contributed by atoms with Crippen LogP contribution in [0, 0.1) is 12.8 Å². The van der Waals surface area contributed by atoms with Crippen molar-refractivity contribution in [3.63, 3.8) is 0 Å². The van der Waals surface area contributed by atoms with E-state index in [-0.39, 0.29) is 49.3 Å². The second kappa shape index (κ2) is 18.7. The van der Waals surface area contributed by atoms with Gasteiger partial charge in [0.15, 0.2) is 0 Å². The predicted molar refractivity (Wildman–Crippen MR) is 154 cm³/mol. The lowest BCUT2D eigenvalue weighted by molar-refractivity contribution is -0.144. The molecule has 0 fully saturated rings. The molecule has 0 N–H and O–H groups in total. The molecule has 0 aliphatic heterocycles. The van der Waals surface area contributed by atoms with Crippen molar-refractivity contribution < 1.29 is 36.3 Å². The van der Waals surface area contributed by atoms with Crippen LogP contribution in [0.3, 0.4) is 0 Å². The van der Waals surface area contributed by atoms with E-state index in [2.05, 4.69) is 6.92 Å². The van der Waals surface area contributed by atoms with Gasteiger partial charge in [0.1, 0.15) is 6.79 Å². The second-order valence-corrected chi connectivity index (χ2v) is 11.3. The van der Waals surface area contributed by atoms with Gasteiger partial charge in [-0.05, 0) is 70.1 Å². The molecule has 40 heavy (non-hydrogen) atoms. The molecule has 0 aromatic heterocycles. The average molecular weight is 577 g/mol. The Morgan fingerprint density at radius 2 is 1.75 bits per heavy atom. The lowest BCUT2D eigenvalue weighted by Gasteiger charge is -2.21. The van der Waals surface area contributed by atoms with Gasteiger partial charge in [0, 0.05) is 7.11 Å². The lowest BCUT2D eigenvalue weighted by Crippen LogP contribution is -2.27. The maximum absolute atomic E-state index is 12.7. The van der Waals surface area contributed by atoms with Gasteiger partial charge in [-0.3, -0.25) is 8.98 Å². The Kier molecular flexibility index (Phi) is 15.7. The molecular weight excluding hydrogens is 532 g/mol. The minimum Gasteiger partial charge on any atom is -0.466 e.